The Labute approximate surface area is 159 Å². The summed E-state index contributed by atoms with van der Waals surface area (Å²) in [6.45, 7) is 2.54. The highest BCUT2D eigenvalue weighted by Crippen LogP contribution is 2.13. The number of nitrogens with zero attached hydrogens (tertiary/aromatic N) is 2. The van der Waals surface area contributed by atoms with Crippen molar-refractivity contribution in [1.29, 1.82) is 0 Å². The van der Waals surface area contributed by atoms with Crippen LogP contribution in [0.15, 0.2) is 60.7 Å². The predicted octanol–water partition coefficient (Wildman–Crippen LogP) is 3.19. The Morgan fingerprint density at radius 2 is 1.33 bits per heavy atom. The van der Waals surface area contributed by atoms with E-state index in [9.17, 15) is 9.59 Å². The quantitative estimate of drug-likeness (QED) is 0.735. The minimum atomic E-state index is -0.371. The van der Waals surface area contributed by atoms with Gasteiger partial charge < -0.3 is 19.3 Å². The minimum absolute atomic E-state index is 0.0998. The van der Waals surface area contributed by atoms with Crippen molar-refractivity contribution in [3.05, 3.63) is 60.7 Å². The van der Waals surface area contributed by atoms with E-state index in [1.165, 1.54) is 0 Å². The number of amides is 2. The first kappa shape index (κ1) is 18.8. The summed E-state index contributed by atoms with van der Waals surface area (Å²) in [4.78, 5) is 27.9. The van der Waals surface area contributed by atoms with E-state index in [1.807, 2.05) is 48.5 Å². The summed E-state index contributed by atoms with van der Waals surface area (Å²) in [6, 6.07) is 18.6. The molecule has 2 aromatic carbocycles. The van der Waals surface area contributed by atoms with E-state index >= 15 is 0 Å². The maximum absolute atomic E-state index is 12.3. The van der Waals surface area contributed by atoms with E-state index in [0.29, 0.717) is 51.4 Å². The van der Waals surface area contributed by atoms with Gasteiger partial charge in [0.25, 0.3) is 0 Å². The Hall–Kier alpha value is -3.02. The second-order valence-corrected chi connectivity index (χ2v) is 6.31. The van der Waals surface area contributed by atoms with Gasteiger partial charge in [-0.15, -0.1) is 0 Å². The molecule has 2 aromatic rings. The average Bonchev–Trinajstić information content (AvgIpc) is 2.72. The fraction of sp³-hybridized carbons (Fsp3) is 0.333. The first-order chi connectivity index (χ1) is 13.2. The highest BCUT2D eigenvalue weighted by Gasteiger charge is 2.25. The molecule has 0 saturated carbocycles. The number of piperazine rings is 1. The third-order valence-corrected chi connectivity index (χ3v) is 4.39. The summed E-state index contributed by atoms with van der Waals surface area (Å²) in [7, 11) is 0. The Kier molecular flexibility index (Phi) is 6.68. The molecule has 0 bridgehead atoms. The van der Waals surface area contributed by atoms with Gasteiger partial charge in [-0.1, -0.05) is 36.4 Å². The second-order valence-electron chi connectivity index (χ2n) is 6.31. The Morgan fingerprint density at radius 3 is 1.96 bits per heavy atom. The lowest BCUT2D eigenvalue weighted by atomic mass is 10.2. The average molecular weight is 368 g/mol. The summed E-state index contributed by atoms with van der Waals surface area (Å²) in [5.74, 6) is 1.44. The fourth-order valence-corrected chi connectivity index (χ4v) is 2.88. The molecule has 0 atom stereocenters. The van der Waals surface area contributed by atoms with E-state index in [2.05, 4.69) is 0 Å². The van der Waals surface area contributed by atoms with Crippen LogP contribution in [0.4, 0.5) is 4.79 Å². The maximum atomic E-state index is 12.3. The maximum Gasteiger partial charge on any atom is 0.415 e. The highest BCUT2D eigenvalue weighted by atomic mass is 16.6. The molecule has 6 nitrogen and oxygen atoms in total. The summed E-state index contributed by atoms with van der Waals surface area (Å²) in [5, 5.41) is 0. The topological polar surface area (TPSA) is 59.1 Å². The number of benzene rings is 2. The van der Waals surface area contributed by atoms with Crippen molar-refractivity contribution >= 4 is 12.0 Å². The Balaban J connectivity index is 1.34. The van der Waals surface area contributed by atoms with Crippen LogP contribution in [0.3, 0.4) is 0 Å². The molecule has 0 aromatic heterocycles. The van der Waals surface area contributed by atoms with Crippen LogP contribution in [-0.4, -0.2) is 54.6 Å². The van der Waals surface area contributed by atoms with Gasteiger partial charge in [-0.25, -0.2) is 4.79 Å². The summed E-state index contributed by atoms with van der Waals surface area (Å²) < 4.78 is 10.9. The number of rotatable bonds is 6. The number of hydrogen-bond donors (Lipinski definition) is 0. The second kappa shape index (κ2) is 9.62. The molecule has 1 heterocycles. The van der Waals surface area contributed by atoms with Crippen LogP contribution in [0.2, 0.25) is 0 Å². The number of para-hydroxylation sites is 2. The number of carbonyl (C=O) groups excluding carboxylic acids is 2. The number of carbonyl (C=O) groups is 2. The third kappa shape index (κ3) is 5.74. The van der Waals surface area contributed by atoms with Gasteiger partial charge in [0.1, 0.15) is 11.5 Å². The normalized spacial score (nSPS) is 13.9. The minimum Gasteiger partial charge on any atom is -0.494 e. The zero-order chi connectivity index (χ0) is 18.9. The molecule has 1 aliphatic heterocycles. The summed E-state index contributed by atoms with van der Waals surface area (Å²) in [6.07, 6.45) is 0.746. The van der Waals surface area contributed by atoms with Crippen LogP contribution in [0, 0.1) is 0 Å². The van der Waals surface area contributed by atoms with E-state index < -0.39 is 0 Å². The molecule has 0 unspecified atom stereocenters. The van der Waals surface area contributed by atoms with Gasteiger partial charge >= 0.3 is 6.09 Å². The van der Waals surface area contributed by atoms with Gasteiger partial charge in [0, 0.05) is 32.6 Å². The van der Waals surface area contributed by atoms with Crippen molar-refractivity contribution in [2.75, 3.05) is 32.8 Å². The molecule has 0 spiro atoms. The third-order valence-electron chi connectivity index (χ3n) is 4.39. The first-order valence-corrected chi connectivity index (χ1v) is 9.20. The molecule has 142 valence electrons. The zero-order valence-electron chi connectivity index (χ0n) is 15.3. The lowest BCUT2D eigenvalue weighted by molar-refractivity contribution is -0.132. The predicted molar refractivity (Wildman–Crippen MR) is 102 cm³/mol. The number of hydrogen-bond acceptors (Lipinski definition) is 4. The molecule has 1 fully saturated rings. The van der Waals surface area contributed by atoms with Crippen LogP contribution in [0.25, 0.3) is 0 Å². The van der Waals surface area contributed by atoms with Crippen LogP contribution in [-0.2, 0) is 4.79 Å². The molecular formula is C21H24N2O4. The molecule has 0 aliphatic carbocycles. The molecule has 0 radical (unpaired) electrons. The van der Waals surface area contributed by atoms with Crippen molar-refractivity contribution in [1.82, 2.24) is 9.80 Å². The molecule has 2 amide bonds. The highest BCUT2D eigenvalue weighted by molar-refractivity contribution is 5.77. The fourth-order valence-electron chi connectivity index (χ4n) is 2.88. The zero-order valence-corrected chi connectivity index (χ0v) is 15.3. The first-order valence-electron chi connectivity index (χ1n) is 9.20. The monoisotopic (exact) mass is 368 g/mol. The van der Waals surface area contributed by atoms with Crippen LogP contribution >= 0.6 is 0 Å². The molecule has 6 heteroatoms. The standard InChI is InChI=1S/C21H24N2O4/c24-20(12-7-17-26-18-8-3-1-4-9-18)22-13-15-23(16-14-22)21(25)27-19-10-5-2-6-11-19/h1-6,8-11H,7,12-17H2. The van der Waals surface area contributed by atoms with Crippen LogP contribution < -0.4 is 9.47 Å². The lowest BCUT2D eigenvalue weighted by Gasteiger charge is -2.34. The van der Waals surface area contributed by atoms with Crippen molar-refractivity contribution < 1.29 is 19.1 Å². The summed E-state index contributed by atoms with van der Waals surface area (Å²) in [5.41, 5.74) is 0. The van der Waals surface area contributed by atoms with Gasteiger partial charge in [-0.05, 0) is 30.7 Å². The molecule has 0 N–H and O–H groups in total. The van der Waals surface area contributed by atoms with E-state index in [-0.39, 0.29) is 12.0 Å². The number of ether oxygens (including phenoxy) is 2. The molecule has 1 saturated heterocycles. The van der Waals surface area contributed by atoms with Gasteiger partial charge in [-0.2, -0.15) is 0 Å². The van der Waals surface area contributed by atoms with Crippen LogP contribution in [0.5, 0.6) is 11.5 Å². The van der Waals surface area contributed by atoms with Crippen molar-refractivity contribution in [2.45, 2.75) is 12.8 Å². The Bertz CT molecular complexity index is 728. The van der Waals surface area contributed by atoms with Crippen molar-refractivity contribution in [3.8, 4) is 11.5 Å². The van der Waals surface area contributed by atoms with Gasteiger partial charge in [0.05, 0.1) is 6.61 Å². The van der Waals surface area contributed by atoms with Crippen molar-refractivity contribution in [2.24, 2.45) is 0 Å². The van der Waals surface area contributed by atoms with Gasteiger partial charge in [0.15, 0.2) is 0 Å². The molecule has 27 heavy (non-hydrogen) atoms. The lowest BCUT2D eigenvalue weighted by Crippen LogP contribution is -2.51. The molecule has 3 rings (SSSR count). The molecule has 1 aliphatic rings. The summed E-state index contributed by atoms with van der Waals surface area (Å²) >= 11 is 0. The Morgan fingerprint density at radius 1 is 0.778 bits per heavy atom. The van der Waals surface area contributed by atoms with E-state index in [1.54, 1.807) is 21.9 Å². The largest absolute Gasteiger partial charge is 0.494 e. The van der Waals surface area contributed by atoms with Crippen molar-refractivity contribution in [3.63, 3.8) is 0 Å². The van der Waals surface area contributed by atoms with E-state index in [4.69, 9.17) is 9.47 Å². The van der Waals surface area contributed by atoms with Gasteiger partial charge in [0.2, 0.25) is 5.91 Å². The SMILES string of the molecule is O=C(CCCOc1ccccc1)N1CCN(C(=O)Oc2ccccc2)CC1. The smallest absolute Gasteiger partial charge is 0.415 e. The molecular weight excluding hydrogens is 344 g/mol. The van der Waals surface area contributed by atoms with Gasteiger partial charge in [-0.3, -0.25) is 4.79 Å². The van der Waals surface area contributed by atoms with E-state index in [0.717, 1.165) is 5.75 Å². The van der Waals surface area contributed by atoms with Crippen LogP contribution in [0.1, 0.15) is 12.8 Å².